The van der Waals surface area contributed by atoms with E-state index in [1.54, 1.807) is 11.3 Å². The number of hydrogen-bond donors (Lipinski definition) is 0. The van der Waals surface area contributed by atoms with Gasteiger partial charge in [0.1, 0.15) is 6.61 Å². The maximum atomic E-state index is 12.4. The van der Waals surface area contributed by atoms with Crippen LogP contribution in [-0.4, -0.2) is 17.5 Å². The molecule has 2 aromatic rings. The van der Waals surface area contributed by atoms with Crippen LogP contribution in [0.15, 0.2) is 47.2 Å². The van der Waals surface area contributed by atoms with Crippen LogP contribution in [0.4, 0.5) is 4.79 Å². The third-order valence-electron chi connectivity index (χ3n) is 3.87. The summed E-state index contributed by atoms with van der Waals surface area (Å²) in [4.78, 5) is 14.3. The summed E-state index contributed by atoms with van der Waals surface area (Å²) in [6.07, 6.45) is 3.05. The van der Waals surface area contributed by atoms with Crippen LogP contribution in [0.25, 0.3) is 0 Å². The number of rotatable bonds is 3. The Hall–Kier alpha value is -1.81. The van der Waals surface area contributed by atoms with E-state index in [1.165, 1.54) is 12.0 Å². The van der Waals surface area contributed by atoms with Crippen molar-refractivity contribution in [3.63, 3.8) is 0 Å². The summed E-state index contributed by atoms with van der Waals surface area (Å²) in [5.74, 6) is 0. The van der Waals surface area contributed by atoms with Gasteiger partial charge in [-0.1, -0.05) is 30.3 Å². The van der Waals surface area contributed by atoms with E-state index in [4.69, 9.17) is 4.74 Å². The van der Waals surface area contributed by atoms with E-state index in [1.807, 2.05) is 35.2 Å². The molecule has 1 atom stereocenters. The molecule has 0 radical (unpaired) electrons. The molecule has 1 aliphatic heterocycles. The van der Waals surface area contributed by atoms with Crippen LogP contribution in [-0.2, 0) is 11.3 Å². The first-order chi connectivity index (χ1) is 10.3. The fourth-order valence-corrected chi connectivity index (χ4v) is 3.47. The van der Waals surface area contributed by atoms with Gasteiger partial charge in [-0.15, -0.1) is 0 Å². The van der Waals surface area contributed by atoms with Crippen molar-refractivity contribution < 1.29 is 9.53 Å². The van der Waals surface area contributed by atoms with Gasteiger partial charge in [-0.3, -0.25) is 0 Å². The lowest BCUT2D eigenvalue weighted by atomic mass is 9.98. The molecule has 3 nitrogen and oxygen atoms in total. The summed E-state index contributed by atoms with van der Waals surface area (Å²) < 4.78 is 5.49. The molecule has 0 saturated carbocycles. The maximum Gasteiger partial charge on any atom is 0.410 e. The fourth-order valence-electron chi connectivity index (χ4n) is 2.76. The Morgan fingerprint density at radius 2 is 2.10 bits per heavy atom. The van der Waals surface area contributed by atoms with E-state index in [2.05, 4.69) is 16.8 Å². The summed E-state index contributed by atoms with van der Waals surface area (Å²) in [7, 11) is 0. The molecule has 0 unspecified atom stereocenters. The predicted molar refractivity (Wildman–Crippen MR) is 84.2 cm³/mol. The molecule has 0 bridgehead atoms. The third kappa shape index (κ3) is 3.45. The number of carbonyl (C=O) groups excluding carboxylic acids is 1. The van der Waals surface area contributed by atoms with Gasteiger partial charge in [-0.25, -0.2) is 4.79 Å². The van der Waals surface area contributed by atoms with E-state index >= 15 is 0 Å². The van der Waals surface area contributed by atoms with Gasteiger partial charge in [0.2, 0.25) is 0 Å². The van der Waals surface area contributed by atoms with E-state index in [-0.39, 0.29) is 12.1 Å². The van der Waals surface area contributed by atoms with Crippen LogP contribution in [0, 0.1) is 0 Å². The second-order valence-electron chi connectivity index (χ2n) is 5.30. The number of hydrogen-bond acceptors (Lipinski definition) is 3. The van der Waals surface area contributed by atoms with E-state index in [0.29, 0.717) is 6.61 Å². The van der Waals surface area contributed by atoms with Crippen molar-refractivity contribution in [1.82, 2.24) is 4.90 Å². The van der Waals surface area contributed by atoms with Crippen LogP contribution in [0.1, 0.15) is 36.4 Å². The summed E-state index contributed by atoms with van der Waals surface area (Å²) in [5.41, 5.74) is 2.26. The fraction of sp³-hybridized carbons (Fsp3) is 0.353. The number of ether oxygens (including phenoxy) is 1. The molecular formula is C17H19NO2S. The Labute approximate surface area is 129 Å². The van der Waals surface area contributed by atoms with Gasteiger partial charge < -0.3 is 9.64 Å². The first-order valence-electron chi connectivity index (χ1n) is 7.34. The molecule has 1 saturated heterocycles. The van der Waals surface area contributed by atoms with Crippen molar-refractivity contribution >= 4 is 17.4 Å². The van der Waals surface area contributed by atoms with Gasteiger partial charge in [-0.05, 0) is 47.2 Å². The molecule has 110 valence electrons. The van der Waals surface area contributed by atoms with Crippen LogP contribution in [0.3, 0.4) is 0 Å². The van der Waals surface area contributed by atoms with Gasteiger partial charge in [-0.2, -0.15) is 11.3 Å². The lowest BCUT2D eigenvalue weighted by Gasteiger charge is -2.34. The smallest absolute Gasteiger partial charge is 0.410 e. The summed E-state index contributed by atoms with van der Waals surface area (Å²) in [5, 5.41) is 4.20. The molecule has 1 aromatic heterocycles. The zero-order chi connectivity index (χ0) is 14.5. The zero-order valence-corrected chi connectivity index (χ0v) is 12.7. The highest BCUT2D eigenvalue weighted by atomic mass is 32.1. The zero-order valence-electron chi connectivity index (χ0n) is 11.9. The molecule has 1 amide bonds. The highest BCUT2D eigenvalue weighted by Crippen LogP contribution is 2.32. The molecule has 4 heteroatoms. The molecule has 0 spiro atoms. The van der Waals surface area contributed by atoms with Crippen molar-refractivity contribution in [2.24, 2.45) is 0 Å². The van der Waals surface area contributed by atoms with Crippen molar-refractivity contribution in [3.8, 4) is 0 Å². The first kappa shape index (κ1) is 14.1. The standard InChI is InChI=1S/C17H19NO2S/c19-17(20-12-14-6-2-1-3-7-14)18-10-5-4-8-16(18)15-9-11-21-13-15/h1-3,6-7,9,11,13,16H,4-5,8,10,12H2/t16-/m0/s1. The van der Waals surface area contributed by atoms with Crippen LogP contribution < -0.4 is 0 Å². The predicted octanol–water partition coefficient (Wildman–Crippen LogP) is 4.61. The Bertz CT molecular complexity index is 568. The molecule has 1 aliphatic rings. The Morgan fingerprint density at radius 1 is 1.24 bits per heavy atom. The van der Waals surface area contributed by atoms with Gasteiger partial charge in [0.15, 0.2) is 0 Å². The van der Waals surface area contributed by atoms with Gasteiger partial charge in [0.05, 0.1) is 6.04 Å². The number of likely N-dealkylation sites (tertiary alicyclic amines) is 1. The van der Waals surface area contributed by atoms with Crippen LogP contribution >= 0.6 is 11.3 Å². The van der Waals surface area contributed by atoms with E-state index in [0.717, 1.165) is 24.9 Å². The average Bonchev–Trinajstić information content (AvgIpc) is 3.08. The van der Waals surface area contributed by atoms with Gasteiger partial charge in [0, 0.05) is 6.54 Å². The SMILES string of the molecule is O=C(OCc1ccccc1)N1CCCC[C@H]1c1ccsc1. The Kier molecular flexibility index (Phi) is 4.55. The molecule has 0 N–H and O–H groups in total. The largest absolute Gasteiger partial charge is 0.445 e. The second kappa shape index (κ2) is 6.76. The molecule has 21 heavy (non-hydrogen) atoms. The Morgan fingerprint density at radius 3 is 2.86 bits per heavy atom. The molecule has 0 aliphatic carbocycles. The summed E-state index contributed by atoms with van der Waals surface area (Å²) in [6.45, 7) is 1.13. The lowest BCUT2D eigenvalue weighted by molar-refractivity contribution is 0.0680. The second-order valence-corrected chi connectivity index (χ2v) is 6.08. The number of piperidine rings is 1. The van der Waals surface area contributed by atoms with E-state index < -0.39 is 0 Å². The van der Waals surface area contributed by atoms with Crippen molar-refractivity contribution in [1.29, 1.82) is 0 Å². The normalized spacial score (nSPS) is 18.5. The average molecular weight is 301 g/mol. The van der Waals surface area contributed by atoms with Gasteiger partial charge in [0.25, 0.3) is 0 Å². The number of carbonyl (C=O) groups is 1. The van der Waals surface area contributed by atoms with Crippen LogP contribution in [0.5, 0.6) is 0 Å². The van der Waals surface area contributed by atoms with Crippen molar-refractivity contribution in [2.45, 2.75) is 31.9 Å². The highest BCUT2D eigenvalue weighted by molar-refractivity contribution is 7.07. The number of amides is 1. The molecular weight excluding hydrogens is 282 g/mol. The minimum absolute atomic E-state index is 0.174. The van der Waals surface area contributed by atoms with E-state index in [9.17, 15) is 4.79 Å². The highest BCUT2D eigenvalue weighted by Gasteiger charge is 2.29. The minimum atomic E-state index is -0.199. The minimum Gasteiger partial charge on any atom is -0.445 e. The molecule has 1 aromatic carbocycles. The first-order valence-corrected chi connectivity index (χ1v) is 8.28. The maximum absolute atomic E-state index is 12.4. The third-order valence-corrected chi connectivity index (χ3v) is 4.57. The van der Waals surface area contributed by atoms with Gasteiger partial charge >= 0.3 is 6.09 Å². The summed E-state index contributed by atoms with van der Waals surface area (Å²) in [6, 6.07) is 12.1. The molecule has 3 rings (SSSR count). The summed E-state index contributed by atoms with van der Waals surface area (Å²) >= 11 is 1.68. The number of thiophene rings is 1. The van der Waals surface area contributed by atoms with Crippen molar-refractivity contribution in [2.75, 3.05) is 6.54 Å². The monoisotopic (exact) mass is 301 g/mol. The molecule has 2 heterocycles. The lowest BCUT2D eigenvalue weighted by Crippen LogP contribution is -2.38. The Balaban J connectivity index is 1.64. The van der Waals surface area contributed by atoms with Crippen molar-refractivity contribution in [3.05, 3.63) is 58.3 Å². The topological polar surface area (TPSA) is 29.5 Å². The number of nitrogens with zero attached hydrogens (tertiary/aromatic N) is 1. The molecule has 1 fully saturated rings. The number of benzene rings is 1. The quantitative estimate of drug-likeness (QED) is 0.828. The van der Waals surface area contributed by atoms with Crippen LogP contribution in [0.2, 0.25) is 0 Å².